The Bertz CT molecular complexity index is 322. The Balaban J connectivity index is 3.59. The molecule has 0 bridgehead atoms. The van der Waals surface area contributed by atoms with Crippen molar-refractivity contribution in [1.29, 1.82) is 0 Å². The van der Waals surface area contributed by atoms with E-state index in [1.807, 2.05) is 10.8 Å². The molecule has 0 radical (unpaired) electrons. The number of unbranched alkanes of at least 4 members (excludes halogenated alkanes) is 1. The molecule has 0 saturated carbocycles. The number of carbonyl (C=O) groups is 1. The average molecular weight is 247 g/mol. The van der Waals surface area contributed by atoms with Gasteiger partial charge in [0.2, 0.25) is 15.9 Å². The predicted molar refractivity (Wildman–Crippen MR) is 65.4 cm³/mol. The van der Waals surface area contributed by atoms with Gasteiger partial charge in [-0.05, 0) is 18.8 Å². The molecular formula is C11H21NO3S. The maximum Gasteiger partial charge on any atom is 0.233 e. The van der Waals surface area contributed by atoms with E-state index < -0.39 is 15.9 Å². The summed E-state index contributed by atoms with van der Waals surface area (Å²) in [7, 11) is -3.40. The van der Waals surface area contributed by atoms with Gasteiger partial charge in [-0.2, -0.15) is 0 Å². The van der Waals surface area contributed by atoms with Gasteiger partial charge in [-0.3, -0.25) is 9.52 Å². The lowest BCUT2D eigenvalue weighted by atomic mass is 10.00. The highest BCUT2D eigenvalue weighted by Crippen LogP contribution is 2.12. The highest BCUT2D eigenvalue weighted by atomic mass is 32.2. The number of rotatable bonds is 8. The molecule has 0 saturated heterocycles. The normalized spacial score (nSPS) is 13.1. The Morgan fingerprint density at radius 3 is 2.56 bits per heavy atom. The SMILES string of the molecule is C=CC[C@@H](C)CCCCC(=O)NS(C)(=O)=O. The molecule has 94 valence electrons. The van der Waals surface area contributed by atoms with Crippen LogP contribution in [0.4, 0.5) is 0 Å². The summed E-state index contributed by atoms with van der Waals surface area (Å²) in [5.41, 5.74) is 0. The van der Waals surface area contributed by atoms with E-state index in [0.717, 1.165) is 31.9 Å². The Kier molecular flexibility index (Phi) is 7.05. The third-order valence-corrected chi connectivity index (χ3v) is 2.82. The summed E-state index contributed by atoms with van der Waals surface area (Å²) in [6.07, 6.45) is 6.83. The minimum atomic E-state index is -3.40. The van der Waals surface area contributed by atoms with Crippen molar-refractivity contribution in [2.75, 3.05) is 6.26 Å². The standard InChI is InChI=1S/C11H21NO3S/c1-4-7-10(2)8-5-6-9-11(13)12-16(3,14)15/h4,10H,1,5-9H2,2-3H3,(H,12,13)/t10-/m1/s1. The summed E-state index contributed by atoms with van der Waals surface area (Å²) in [6.45, 7) is 5.80. The predicted octanol–water partition coefficient (Wildman–Crippen LogP) is 1.83. The van der Waals surface area contributed by atoms with Crippen LogP contribution in [0.3, 0.4) is 0 Å². The van der Waals surface area contributed by atoms with E-state index in [1.54, 1.807) is 0 Å². The fourth-order valence-corrected chi connectivity index (χ4v) is 1.95. The Morgan fingerprint density at radius 2 is 2.06 bits per heavy atom. The van der Waals surface area contributed by atoms with Gasteiger partial charge < -0.3 is 0 Å². The number of allylic oxidation sites excluding steroid dienone is 1. The van der Waals surface area contributed by atoms with Crippen molar-refractivity contribution in [3.63, 3.8) is 0 Å². The lowest BCUT2D eigenvalue weighted by molar-refractivity contribution is -0.119. The molecule has 0 aliphatic heterocycles. The highest BCUT2D eigenvalue weighted by Gasteiger charge is 2.08. The fraction of sp³-hybridized carbons (Fsp3) is 0.727. The molecule has 0 aliphatic carbocycles. The van der Waals surface area contributed by atoms with Gasteiger partial charge in [0.15, 0.2) is 0 Å². The molecule has 1 atom stereocenters. The highest BCUT2D eigenvalue weighted by molar-refractivity contribution is 7.89. The molecule has 0 spiro atoms. The van der Waals surface area contributed by atoms with E-state index >= 15 is 0 Å². The number of carbonyl (C=O) groups excluding carboxylic acids is 1. The minimum absolute atomic E-state index is 0.272. The first kappa shape index (κ1) is 15.2. The van der Waals surface area contributed by atoms with Crippen LogP contribution < -0.4 is 4.72 Å². The topological polar surface area (TPSA) is 63.2 Å². The van der Waals surface area contributed by atoms with Gasteiger partial charge in [-0.25, -0.2) is 8.42 Å². The number of hydrogen-bond donors (Lipinski definition) is 1. The van der Waals surface area contributed by atoms with Crippen LogP contribution >= 0.6 is 0 Å². The molecule has 0 aliphatic rings. The van der Waals surface area contributed by atoms with E-state index in [0.29, 0.717) is 5.92 Å². The maximum atomic E-state index is 11.1. The van der Waals surface area contributed by atoms with Crippen LogP contribution in [-0.2, 0) is 14.8 Å². The molecule has 1 amide bonds. The monoisotopic (exact) mass is 247 g/mol. The third kappa shape index (κ3) is 9.71. The summed E-state index contributed by atoms with van der Waals surface area (Å²) in [5, 5.41) is 0. The van der Waals surface area contributed by atoms with E-state index in [-0.39, 0.29) is 6.42 Å². The first-order valence-corrected chi connectivity index (χ1v) is 7.36. The van der Waals surface area contributed by atoms with Gasteiger partial charge in [0.05, 0.1) is 6.26 Å². The molecule has 1 N–H and O–H groups in total. The average Bonchev–Trinajstić information content (AvgIpc) is 2.10. The van der Waals surface area contributed by atoms with Crippen molar-refractivity contribution < 1.29 is 13.2 Å². The van der Waals surface area contributed by atoms with Crippen molar-refractivity contribution in [2.24, 2.45) is 5.92 Å². The summed E-state index contributed by atoms with van der Waals surface area (Å²) in [6, 6.07) is 0. The Hall–Kier alpha value is -0.840. The van der Waals surface area contributed by atoms with E-state index in [9.17, 15) is 13.2 Å². The van der Waals surface area contributed by atoms with Crippen molar-refractivity contribution in [3.8, 4) is 0 Å². The quantitative estimate of drug-likeness (QED) is 0.526. The Labute approximate surface area is 98.2 Å². The third-order valence-electron chi connectivity index (χ3n) is 2.22. The van der Waals surface area contributed by atoms with Gasteiger partial charge in [0.25, 0.3) is 0 Å². The zero-order valence-electron chi connectivity index (χ0n) is 10.0. The smallest absolute Gasteiger partial charge is 0.233 e. The number of amides is 1. The number of hydrogen-bond acceptors (Lipinski definition) is 3. The molecule has 0 rings (SSSR count). The van der Waals surface area contributed by atoms with Gasteiger partial charge in [0.1, 0.15) is 0 Å². The van der Waals surface area contributed by atoms with Crippen molar-refractivity contribution in [1.82, 2.24) is 4.72 Å². The van der Waals surface area contributed by atoms with E-state index in [2.05, 4.69) is 13.5 Å². The molecule has 5 heteroatoms. The van der Waals surface area contributed by atoms with E-state index in [4.69, 9.17) is 0 Å². The Morgan fingerprint density at radius 1 is 1.44 bits per heavy atom. The van der Waals surface area contributed by atoms with Crippen molar-refractivity contribution in [2.45, 2.75) is 39.0 Å². The van der Waals surface area contributed by atoms with Crippen LogP contribution in [0.15, 0.2) is 12.7 Å². The van der Waals surface area contributed by atoms with Crippen LogP contribution in [-0.4, -0.2) is 20.6 Å². The molecule has 4 nitrogen and oxygen atoms in total. The number of sulfonamides is 1. The van der Waals surface area contributed by atoms with Crippen LogP contribution in [0.2, 0.25) is 0 Å². The van der Waals surface area contributed by atoms with Crippen molar-refractivity contribution in [3.05, 3.63) is 12.7 Å². The van der Waals surface area contributed by atoms with Crippen LogP contribution in [0, 0.1) is 5.92 Å². The molecule has 0 unspecified atom stereocenters. The first-order valence-electron chi connectivity index (χ1n) is 5.46. The second kappa shape index (κ2) is 7.44. The molecule has 0 heterocycles. The summed E-state index contributed by atoms with van der Waals surface area (Å²) >= 11 is 0. The summed E-state index contributed by atoms with van der Waals surface area (Å²) < 4.78 is 23.4. The fourth-order valence-electron chi connectivity index (χ4n) is 1.44. The molecule has 0 aromatic heterocycles. The van der Waals surface area contributed by atoms with Gasteiger partial charge in [-0.1, -0.05) is 25.8 Å². The molecule has 0 aromatic rings. The van der Waals surface area contributed by atoms with Crippen molar-refractivity contribution >= 4 is 15.9 Å². The minimum Gasteiger partial charge on any atom is -0.274 e. The second-order valence-corrected chi connectivity index (χ2v) is 5.92. The summed E-state index contributed by atoms with van der Waals surface area (Å²) in [4.78, 5) is 11.1. The van der Waals surface area contributed by atoms with Crippen LogP contribution in [0.5, 0.6) is 0 Å². The van der Waals surface area contributed by atoms with Crippen LogP contribution in [0.25, 0.3) is 0 Å². The molecule has 0 fully saturated rings. The lowest BCUT2D eigenvalue weighted by Crippen LogP contribution is -2.28. The zero-order chi connectivity index (χ0) is 12.6. The van der Waals surface area contributed by atoms with Gasteiger partial charge in [0, 0.05) is 6.42 Å². The van der Waals surface area contributed by atoms with Crippen LogP contribution in [0.1, 0.15) is 39.0 Å². The van der Waals surface area contributed by atoms with E-state index in [1.165, 1.54) is 0 Å². The maximum absolute atomic E-state index is 11.1. The van der Waals surface area contributed by atoms with Gasteiger partial charge >= 0.3 is 0 Å². The lowest BCUT2D eigenvalue weighted by Gasteiger charge is -2.07. The first-order chi connectivity index (χ1) is 7.35. The number of nitrogens with one attached hydrogen (secondary N) is 1. The summed E-state index contributed by atoms with van der Waals surface area (Å²) in [5.74, 6) is 0.161. The molecule has 0 aromatic carbocycles. The molecular weight excluding hydrogens is 226 g/mol. The zero-order valence-corrected chi connectivity index (χ0v) is 10.8. The second-order valence-electron chi connectivity index (χ2n) is 4.17. The van der Waals surface area contributed by atoms with Gasteiger partial charge in [-0.15, -0.1) is 6.58 Å². The largest absolute Gasteiger partial charge is 0.274 e. The molecule has 16 heavy (non-hydrogen) atoms.